The normalized spacial score (nSPS) is 20.7. The van der Waals surface area contributed by atoms with Crippen LogP contribution in [-0.4, -0.2) is 18.5 Å². The standard InChI is InChI=1S/C15H30N2O/c1-11(2)9-14(10-16)15(18)17-12(3)13-7-5-4-6-8-13/h11-14H,4-10,16H2,1-3H3,(H,17,18). The minimum atomic E-state index is -0.0176. The van der Waals surface area contributed by atoms with Crippen LogP contribution in [0.1, 0.15) is 59.3 Å². The largest absolute Gasteiger partial charge is 0.353 e. The highest BCUT2D eigenvalue weighted by atomic mass is 16.1. The molecule has 0 aromatic rings. The molecule has 2 atom stereocenters. The molecule has 0 saturated heterocycles. The van der Waals surface area contributed by atoms with Crippen molar-refractivity contribution in [2.24, 2.45) is 23.5 Å². The van der Waals surface area contributed by atoms with Crippen LogP contribution in [0.2, 0.25) is 0 Å². The van der Waals surface area contributed by atoms with Crippen LogP contribution in [0.4, 0.5) is 0 Å². The summed E-state index contributed by atoms with van der Waals surface area (Å²) in [7, 11) is 0. The van der Waals surface area contributed by atoms with Crippen molar-refractivity contribution in [1.82, 2.24) is 5.32 Å². The molecule has 0 radical (unpaired) electrons. The molecule has 1 aliphatic rings. The van der Waals surface area contributed by atoms with Crippen LogP contribution in [0.5, 0.6) is 0 Å². The van der Waals surface area contributed by atoms with Gasteiger partial charge in [-0.1, -0.05) is 33.1 Å². The van der Waals surface area contributed by atoms with Gasteiger partial charge in [0.25, 0.3) is 0 Å². The average molecular weight is 254 g/mol. The number of hydrogen-bond acceptors (Lipinski definition) is 2. The zero-order valence-corrected chi connectivity index (χ0v) is 12.2. The summed E-state index contributed by atoms with van der Waals surface area (Å²) in [5.41, 5.74) is 5.72. The molecule has 0 aromatic heterocycles. The molecule has 1 aliphatic carbocycles. The van der Waals surface area contributed by atoms with Crippen molar-refractivity contribution >= 4 is 5.91 Å². The van der Waals surface area contributed by atoms with Crippen molar-refractivity contribution < 1.29 is 4.79 Å². The third-order valence-electron chi connectivity index (χ3n) is 4.14. The molecule has 3 nitrogen and oxygen atoms in total. The van der Waals surface area contributed by atoms with E-state index in [1.807, 2.05) is 0 Å². The number of carbonyl (C=O) groups is 1. The number of amides is 1. The summed E-state index contributed by atoms with van der Waals surface area (Å²) in [5, 5.41) is 3.19. The first-order chi connectivity index (χ1) is 8.54. The van der Waals surface area contributed by atoms with Crippen molar-refractivity contribution in [2.75, 3.05) is 6.54 Å². The lowest BCUT2D eigenvalue weighted by Crippen LogP contribution is -2.44. The Hall–Kier alpha value is -0.570. The monoisotopic (exact) mass is 254 g/mol. The van der Waals surface area contributed by atoms with Gasteiger partial charge >= 0.3 is 0 Å². The van der Waals surface area contributed by atoms with Gasteiger partial charge in [0, 0.05) is 12.6 Å². The lowest BCUT2D eigenvalue weighted by atomic mass is 9.84. The van der Waals surface area contributed by atoms with Gasteiger partial charge in [-0.05, 0) is 38.0 Å². The van der Waals surface area contributed by atoms with E-state index in [0.717, 1.165) is 6.42 Å². The van der Waals surface area contributed by atoms with Gasteiger partial charge in [0.1, 0.15) is 0 Å². The second kappa shape index (κ2) is 7.78. The Labute approximate surface area is 112 Å². The van der Waals surface area contributed by atoms with Crippen LogP contribution >= 0.6 is 0 Å². The maximum absolute atomic E-state index is 12.2. The fourth-order valence-electron chi connectivity index (χ4n) is 2.97. The van der Waals surface area contributed by atoms with Crippen molar-refractivity contribution in [1.29, 1.82) is 0 Å². The number of rotatable bonds is 6. The molecule has 0 heterocycles. The van der Waals surface area contributed by atoms with Gasteiger partial charge in [-0.3, -0.25) is 4.79 Å². The minimum absolute atomic E-state index is 0.0176. The van der Waals surface area contributed by atoms with Crippen molar-refractivity contribution in [3.05, 3.63) is 0 Å². The molecule has 1 fully saturated rings. The Morgan fingerprint density at radius 3 is 2.33 bits per heavy atom. The van der Waals surface area contributed by atoms with Gasteiger partial charge in [0.15, 0.2) is 0 Å². The third kappa shape index (κ3) is 4.97. The van der Waals surface area contributed by atoms with Gasteiger partial charge in [0.05, 0.1) is 5.92 Å². The molecule has 0 bridgehead atoms. The van der Waals surface area contributed by atoms with Gasteiger partial charge < -0.3 is 11.1 Å². The molecule has 0 spiro atoms. The molecule has 1 amide bonds. The predicted molar refractivity (Wildman–Crippen MR) is 76.2 cm³/mol. The van der Waals surface area contributed by atoms with Gasteiger partial charge in [0.2, 0.25) is 5.91 Å². The highest BCUT2D eigenvalue weighted by Crippen LogP contribution is 2.26. The van der Waals surface area contributed by atoms with Gasteiger partial charge in [-0.15, -0.1) is 0 Å². The molecule has 1 rings (SSSR count). The molecule has 0 aliphatic heterocycles. The Morgan fingerprint density at radius 2 is 1.83 bits per heavy atom. The topological polar surface area (TPSA) is 55.1 Å². The Bertz CT molecular complexity index is 247. The zero-order valence-electron chi connectivity index (χ0n) is 12.2. The molecule has 106 valence electrons. The summed E-state index contributed by atoms with van der Waals surface area (Å²) < 4.78 is 0. The summed E-state index contributed by atoms with van der Waals surface area (Å²) in [6.45, 7) is 6.89. The number of nitrogens with two attached hydrogens (primary N) is 1. The van der Waals surface area contributed by atoms with Crippen molar-refractivity contribution in [3.63, 3.8) is 0 Å². The van der Waals surface area contributed by atoms with E-state index in [0.29, 0.717) is 24.4 Å². The minimum Gasteiger partial charge on any atom is -0.353 e. The van der Waals surface area contributed by atoms with E-state index in [9.17, 15) is 4.79 Å². The Kier molecular flexibility index (Phi) is 6.69. The first-order valence-electron chi connectivity index (χ1n) is 7.55. The second-order valence-electron chi connectivity index (χ2n) is 6.26. The summed E-state index contributed by atoms with van der Waals surface area (Å²) in [5.74, 6) is 1.33. The van der Waals surface area contributed by atoms with Gasteiger partial charge in [-0.25, -0.2) is 0 Å². The predicted octanol–water partition coefficient (Wildman–Crippen LogP) is 2.69. The molecule has 18 heavy (non-hydrogen) atoms. The first-order valence-corrected chi connectivity index (χ1v) is 7.55. The van der Waals surface area contributed by atoms with Crippen LogP contribution in [0, 0.1) is 17.8 Å². The fraction of sp³-hybridized carbons (Fsp3) is 0.933. The molecular weight excluding hydrogens is 224 g/mol. The summed E-state index contributed by atoms with van der Waals surface area (Å²) in [4.78, 5) is 12.2. The Morgan fingerprint density at radius 1 is 1.22 bits per heavy atom. The van der Waals surface area contributed by atoms with Crippen LogP contribution in [0.25, 0.3) is 0 Å². The summed E-state index contributed by atoms with van der Waals surface area (Å²) in [6.07, 6.45) is 7.40. The van der Waals surface area contributed by atoms with E-state index in [1.54, 1.807) is 0 Å². The van der Waals surface area contributed by atoms with Crippen LogP contribution in [0.15, 0.2) is 0 Å². The van der Waals surface area contributed by atoms with E-state index < -0.39 is 0 Å². The lowest BCUT2D eigenvalue weighted by molar-refractivity contribution is -0.126. The smallest absolute Gasteiger partial charge is 0.224 e. The number of nitrogens with one attached hydrogen (secondary N) is 1. The van der Waals surface area contributed by atoms with E-state index >= 15 is 0 Å². The fourth-order valence-corrected chi connectivity index (χ4v) is 2.97. The van der Waals surface area contributed by atoms with E-state index in [-0.39, 0.29) is 11.8 Å². The van der Waals surface area contributed by atoms with Crippen LogP contribution < -0.4 is 11.1 Å². The summed E-state index contributed by atoms with van der Waals surface area (Å²) in [6, 6.07) is 0.305. The zero-order chi connectivity index (χ0) is 13.5. The first kappa shape index (κ1) is 15.5. The van der Waals surface area contributed by atoms with E-state index in [1.165, 1.54) is 32.1 Å². The van der Waals surface area contributed by atoms with Crippen LogP contribution in [-0.2, 0) is 4.79 Å². The third-order valence-corrected chi connectivity index (χ3v) is 4.14. The number of hydrogen-bond donors (Lipinski definition) is 2. The van der Waals surface area contributed by atoms with Gasteiger partial charge in [-0.2, -0.15) is 0 Å². The van der Waals surface area contributed by atoms with Crippen LogP contribution in [0.3, 0.4) is 0 Å². The molecule has 3 N–H and O–H groups in total. The maximum atomic E-state index is 12.2. The van der Waals surface area contributed by atoms with Crippen molar-refractivity contribution in [2.45, 2.75) is 65.3 Å². The van der Waals surface area contributed by atoms with E-state index in [2.05, 4.69) is 26.1 Å². The highest BCUT2D eigenvalue weighted by Gasteiger charge is 2.24. The van der Waals surface area contributed by atoms with E-state index in [4.69, 9.17) is 5.73 Å². The average Bonchev–Trinajstić information content (AvgIpc) is 2.36. The molecule has 2 unspecified atom stereocenters. The highest BCUT2D eigenvalue weighted by molar-refractivity contribution is 5.79. The SMILES string of the molecule is CC(C)CC(CN)C(=O)NC(C)C1CCCCC1. The second-order valence-corrected chi connectivity index (χ2v) is 6.26. The summed E-state index contributed by atoms with van der Waals surface area (Å²) >= 11 is 0. The molecule has 1 saturated carbocycles. The van der Waals surface area contributed by atoms with Crippen molar-refractivity contribution in [3.8, 4) is 0 Å². The molecule has 3 heteroatoms. The lowest BCUT2D eigenvalue weighted by Gasteiger charge is -2.29. The Balaban J connectivity index is 2.41. The molecular formula is C15H30N2O. The number of carbonyl (C=O) groups excluding carboxylic acids is 1. The molecule has 0 aromatic carbocycles. The maximum Gasteiger partial charge on any atom is 0.224 e. The quantitative estimate of drug-likeness (QED) is 0.765.